The molecule has 1 aliphatic rings. The first kappa shape index (κ1) is 15.0. The second-order valence-electron chi connectivity index (χ2n) is 4.81. The second-order valence-corrected chi connectivity index (χ2v) is 6.95. The van der Waals surface area contributed by atoms with Crippen molar-refractivity contribution in [1.82, 2.24) is 4.90 Å². The molecule has 0 aromatic carbocycles. The molecule has 0 N–H and O–H groups in total. The third-order valence-electron chi connectivity index (χ3n) is 3.31. The van der Waals surface area contributed by atoms with E-state index in [2.05, 4.69) is 27.4 Å². The third kappa shape index (κ3) is 4.29. The predicted molar refractivity (Wildman–Crippen MR) is 81.7 cm³/mol. The Bertz CT molecular complexity index is 390. The van der Waals surface area contributed by atoms with Gasteiger partial charge in [0.15, 0.2) is 0 Å². The summed E-state index contributed by atoms with van der Waals surface area (Å²) >= 11 is 5.16. The Morgan fingerprint density at radius 2 is 2.53 bits per heavy atom. The zero-order valence-electron chi connectivity index (χ0n) is 11.2. The standard InChI is InChI=1S/C14H20BrNO2S/c1-2-13(15)14(17)16(9-11-5-3-7-18-11)10-12-6-4-8-19-12/h4,6,8,11,13H,2-3,5,7,9-10H2,1H3. The van der Waals surface area contributed by atoms with Gasteiger partial charge in [-0.1, -0.05) is 28.9 Å². The van der Waals surface area contributed by atoms with Crippen LogP contribution in [0.1, 0.15) is 31.1 Å². The van der Waals surface area contributed by atoms with Gasteiger partial charge in [-0.2, -0.15) is 0 Å². The number of alkyl halides is 1. The smallest absolute Gasteiger partial charge is 0.236 e. The fraction of sp³-hybridized carbons (Fsp3) is 0.643. The summed E-state index contributed by atoms with van der Waals surface area (Å²) in [7, 11) is 0. The van der Waals surface area contributed by atoms with Crippen LogP contribution in [0.5, 0.6) is 0 Å². The first-order valence-electron chi connectivity index (χ1n) is 6.77. The quantitative estimate of drug-likeness (QED) is 0.739. The number of hydrogen-bond acceptors (Lipinski definition) is 3. The molecule has 5 heteroatoms. The molecular formula is C14H20BrNO2S. The van der Waals surface area contributed by atoms with Crippen LogP contribution in [-0.2, 0) is 16.1 Å². The molecule has 2 rings (SSSR count). The van der Waals surface area contributed by atoms with Gasteiger partial charge in [0.1, 0.15) is 0 Å². The van der Waals surface area contributed by atoms with Crippen LogP contribution in [0.3, 0.4) is 0 Å². The maximum absolute atomic E-state index is 12.4. The lowest BCUT2D eigenvalue weighted by Gasteiger charge is -2.26. The van der Waals surface area contributed by atoms with Crippen molar-refractivity contribution in [2.24, 2.45) is 0 Å². The molecule has 2 unspecified atom stereocenters. The van der Waals surface area contributed by atoms with E-state index in [1.165, 1.54) is 4.88 Å². The van der Waals surface area contributed by atoms with Gasteiger partial charge in [-0.3, -0.25) is 4.79 Å². The highest BCUT2D eigenvalue weighted by Crippen LogP contribution is 2.19. The highest BCUT2D eigenvalue weighted by Gasteiger charge is 2.26. The van der Waals surface area contributed by atoms with Crippen LogP contribution in [0.15, 0.2) is 17.5 Å². The number of carbonyl (C=O) groups excluding carboxylic acids is 1. The minimum atomic E-state index is -0.0890. The van der Waals surface area contributed by atoms with Crippen LogP contribution in [0.4, 0.5) is 0 Å². The van der Waals surface area contributed by atoms with E-state index in [9.17, 15) is 4.79 Å². The van der Waals surface area contributed by atoms with Crippen molar-refractivity contribution in [3.63, 3.8) is 0 Å². The summed E-state index contributed by atoms with van der Waals surface area (Å²) in [4.78, 5) is 15.5. The molecule has 2 heterocycles. The van der Waals surface area contributed by atoms with Crippen LogP contribution in [0.2, 0.25) is 0 Å². The fourth-order valence-electron chi connectivity index (χ4n) is 2.23. The first-order valence-corrected chi connectivity index (χ1v) is 8.57. The summed E-state index contributed by atoms with van der Waals surface area (Å²) in [6.07, 6.45) is 3.19. The number of carbonyl (C=O) groups is 1. The Morgan fingerprint density at radius 1 is 1.68 bits per heavy atom. The molecule has 1 aromatic rings. The van der Waals surface area contributed by atoms with Crippen LogP contribution in [-0.4, -0.2) is 34.9 Å². The van der Waals surface area contributed by atoms with Crippen LogP contribution < -0.4 is 0 Å². The molecule has 1 aromatic heterocycles. The number of amides is 1. The van der Waals surface area contributed by atoms with E-state index in [1.54, 1.807) is 11.3 Å². The van der Waals surface area contributed by atoms with E-state index < -0.39 is 0 Å². The number of rotatable bonds is 6. The number of halogens is 1. The summed E-state index contributed by atoms with van der Waals surface area (Å²) < 4.78 is 5.66. The Hall–Kier alpha value is -0.390. The summed E-state index contributed by atoms with van der Waals surface area (Å²) in [6.45, 7) is 4.25. The summed E-state index contributed by atoms with van der Waals surface area (Å²) in [5, 5.41) is 2.05. The minimum Gasteiger partial charge on any atom is -0.376 e. The maximum atomic E-state index is 12.4. The van der Waals surface area contributed by atoms with E-state index >= 15 is 0 Å². The van der Waals surface area contributed by atoms with Crippen molar-refractivity contribution >= 4 is 33.2 Å². The van der Waals surface area contributed by atoms with Crippen molar-refractivity contribution < 1.29 is 9.53 Å². The van der Waals surface area contributed by atoms with Gasteiger partial charge in [-0.25, -0.2) is 0 Å². The fourth-order valence-corrected chi connectivity index (χ4v) is 3.24. The largest absolute Gasteiger partial charge is 0.376 e. The average molecular weight is 346 g/mol. The molecule has 106 valence electrons. The van der Waals surface area contributed by atoms with Gasteiger partial charge in [-0.05, 0) is 30.7 Å². The van der Waals surface area contributed by atoms with Gasteiger partial charge >= 0.3 is 0 Å². The van der Waals surface area contributed by atoms with Crippen molar-refractivity contribution in [3.8, 4) is 0 Å². The molecule has 1 aliphatic heterocycles. The summed E-state index contributed by atoms with van der Waals surface area (Å²) in [6, 6.07) is 4.11. The predicted octanol–water partition coefficient (Wildman–Crippen LogP) is 3.43. The van der Waals surface area contributed by atoms with Crippen LogP contribution >= 0.6 is 27.3 Å². The normalized spacial score (nSPS) is 20.4. The SMILES string of the molecule is CCC(Br)C(=O)N(Cc1cccs1)CC1CCCO1. The van der Waals surface area contributed by atoms with Crippen LogP contribution in [0.25, 0.3) is 0 Å². The summed E-state index contributed by atoms with van der Waals surface area (Å²) in [5.41, 5.74) is 0. The molecular weight excluding hydrogens is 326 g/mol. The van der Waals surface area contributed by atoms with Gasteiger partial charge < -0.3 is 9.64 Å². The molecule has 0 radical (unpaired) electrons. The Kier molecular flexibility index (Phi) is 5.85. The van der Waals surface area contributed by atoms with Gasteiger partial charge in [-0.15, -0.1) is 11.3 Å². The highest BCUT2D eigenvalue weighted by atomic mass is 79.9. The Balaban J connectivity index is 2.00. The molecule has 19 heavy (non-hydrogen) atoms. The molecule has 2 atom stereocenters. The molecule has 0 aliphatic carbocycles. The van der Waals surface area contributed by atoms with Crippen molar-refractivity contribution in [3.05, 3.63) is 22.4 Å². The van der Waals surface area contributed by atoms with Gasteiger partial charge in [0, 0.05) is 18.0 Å². The van der Waals surface area contributed by atoms with E-state index in [0.717, 1.165) is 25.9 Å². The first-order chi connectivity index (χ1) is 9.20. The van der Waals surface area contributed by atoms with Crippen molar-refractivity contribution in [2.45, 2.75) is 43.7 Å². The molecule has 1 saturated heterocycles. The average Bonchev–Trinajstić information content (AvgIpc) is 3.09. The van der Waals surface area contributed by atoms with Crippen LogP contribution in [0, 0.1) is 0 Å². The molecule has 0 saturated carbocycles. The monoisotopic (exact) mass is 345 g/mol. The van der Waals surface area contributed by atoms with Crippen molar-refractivity contribution in [1.29, 1.82) is 0 Å². The van der Waals surface area contributed by atoms with E-state index in [-0.39, 0.29) is 16.8 Å². The molecule has 3 nitrogen and oxygen atoms in total. The Morgan fingerprint density at radius 3 is 3.11 bits per heavy atom. The van der Waals surface area contributed by atoms with Gasteiger partial charge in [0.2, 0.25) is 5.91 Å². The second kappa shape index (κ2) is 7.41. The van der Waals surface area contributed by atoms with Gasteiger partial charge in [0.05, 0.1) is 17.5 Å². The molecule has 0 spiro atoms. The topological polar surface area (TPSA) is 29.5 Å². The number of nitrogens with zero attached hydrogens (tertiary/aromatic N) is 1. The third-order valence-corrected chi connectivity index (χ3v) is 5.21. The lowest BCUT2D eigenvalue weighted by atomic mass is 10.2. The lowest BCUT2D eigenvalue weighted by Crippen LogP contribution is -2.40. The molecule has 1 fully saturated rings. The maximum Gasteiger partial charge on any atom is 0.236 e. The van der Waals surface area contributed by atoms with E-state index in [4.69, 9.17) is 4.74 Å². The van der Waals surface area contributed by atoms with E-state index in [1.807, 2.05) is 17.9 Å². The zero-order valence-corrected chi connectivity index (χ0v) is 13.6. The number of thiophene rings is 1. The minimum absolute atomic E-state index is 0.0890. The van der Waals surface area contributed by atoms with E-state index in [0.29, 0.717) is 13.1 Å². The number of ether oxygens (including phenoxy) is 1. The molecule has 1 amide bonds. The van der Waals surface area contributed by atoms with Crippen molar-refractivity contribution in [2.75, 3.05) is 13.2 Å². The number of hydrogen-bond donors (Lipinski definition) is 0. The van der Waals surface area contributed by atoms with Gasteiger partial charge in [0.25, 0.3) is 0 Å². The summed E-state index contributed by atoms with van der Waals surface area (Å²) in [5.74, 6) is 0.173. The highest BCUT2D eigenvalue weighted by molar-refractivity contribution is 9.10. The molecule has 0 bridgehead atoms. The zero-order chi connectivity index (χ0) is 13.7. The Labute approximate surface area is 127 Å². The lowest BCUT2D eigenvalue weighted by molar-refractivity contribution is -0.132.